The summed E-state index contributed by atoms with van der Waals surface area (Å²) in [6.45, 7) is 0.128. The summed E-state index contributed by atoms with van der Waals surface area (Å²) in [5.41, 5.74) is 1.36. The van der Waals surface area contributed by atoms with E-state index in [1.807, 2.05) is 6.26 Å². The van der Waals surface area contributed by atoms with Crippen molar-refractivity contribution in [3.05, 3.63) is 69.6 Å². The number of thioether (sulfide) groups is 1. The van der Waals surface area contributed by atoms with Crippen molar-refractivity contribution in [3.8, 4) is 5.69 Å². The molecule has 3 heterocycles. The van der Waals surface area contributed by atoms with E-state index in [0.29, 0.717) is 32.6 Å². The van der Waals surface area contributed by atoms with Crippen molar-refractivity contribution in [3.63, 3.8) is 0 Å². The highest BCUT2D eigenvalue weighted by atomic mass is 32.2. The van der Waals surface area contributed by atoms with Crippen molar-refractivity contribution in [1.82, 2.24) is 24.4 Å². The maximum Gasteiger partial charge on any atom is 0.272 e. The van der Waals surface area contributed by atoms with E-state index >= 15 is 0 Å². The van der Waals surface area contributed by atoms with Gasteiger partial charge in [-0.15, -0.1) is 11.3 Å². The standard InChI is InChI=1S/C19H16FN5O2S2/c1-24(10-15-22-13-7-8-29-16(13)17(26)23-15)18(27)14-9-21-19(28-2)25(14)12-5-3-11(20)4-6-12/h3-9H,10H2,1-2H3,(H,22,23,26). The van der Waals surface area contributed by atoms with E-state index in [2.05, 4.69) is 15.0 Å². The zero-order chi connectivity index (χ0) is 20.5. The number of aromatic nitrogens is 4. The number of carbonyl (C=O) groups excluding carboxylic acids is 1. The van der Waals surface area contributed by atoms with Crippen molar-refractivity contribution < 1.29 is 9.18 Å². The van der Waals surface area contributed by atoms with Crippen LogP contribution in [0.4, 0.5) is 4.39 Å². The topological polar surface area (TPSA) is 83.9 Å². The molecule has 0 fully saturated rings. The van der Waals surface area contributed by atoms with Crippen LogP contribution >= 0.6 is 23.1 Å². The molecule has 0 radical (unpaired) electrons. The highest BCUT2D eigenvalue weighted by Gasteiger charge is 2.22. The first-order valence-electron chi connectivity index (χ1n) is 8.57. The first-order valence-corrected chi connectivity index (χ1v) is 10.7. The number of thiophene rings is 1. The van der Waals surface area contributed by atoms with Gasteiger partial charge in [0.2, 0.25) is 0 Å². The number of rotatable bonds is 5. The van der Waals surface area contributed by atoms with Gasteiger partial charge in [-0.2, -0.15) is 0 Å². The minimum atomic E-state index is -0.358. The van der Waals surface area contributed by atoms with Gasteiger partial charge in [-0.05, 0) is 42.0 Å². The number of nitrogens with one attached hydrogen (secondary N) is 1. The van der Waals surface area contributed by atoms with Crippen LogP contribution in [0.25, 0.3) is 15.9 Å². The van der Waals surface area contributed by atoms with E-state index in [4.69, 9.17) is 0 Å². The zero-order valence-electron chi connectivity index (χ0n) is 15.5. The van der Waals surface area contributed by atoms with Gasteiger partial charge >= 0.3 is 0 Å². The zero-order valence-corrected chi connectivity index (χ0v) is 17.2. The normalized spacial score (nSPS) is 11.1. The fourth-order valence-electron chi connectivity index (χ4n) is 2.96. The number of aromatic amines is 1. The molecule has 3 aromatic heterocycles. The van der Waals surface area contributed by atoms with Crippen LogP contribution in [0.2, 0.25) is 0 Å². The molecule has 29 heavy (non-hydrogen) atoms. The quantitative estimate of drug-likeness (QED) is 0.492. The van der Waals surface area contributed by atoms with Crippen LogP contribution in [0, 0.1) is 5.82 Å². The molecule has 0 aliphatic rings. The Morgan fingerprint density at radius 2 is 2.07 bits per heavy atom. The Kier molecular flexibility index (Phi) is 5.20. The SMILES string of the molecule is CSc1ncc(C(=O)N(C)Cc2nc3ccsc3c(=O)[nH]2)n1-c1ccc(F)cc1. The monoisotopic (exact) mass is 429 g/mol. The van der Waals surface area contributed by atoms with Crippen LogP contribution in [0.15, 0.2) is 51.9 Å². The average Bonchev–Trinajstić information content (AvgIpc) is 3.35. The molecule has 0 aliphatic heterocycles. The minimum absolute atomic E-state index is 0.128. The van der Waals surface area contributed by atoms with E-state index in [1.54, 1.807) is 35.2 Å². The van der Waals surface area contributed by atoms with E-state index in [0.717, 1.165) is 0 Å². The van der Waals surface area contributed by atoms with Crippen molar-refractivity contribution >= 4 is 39.2 Å². The summed E-state index contributed by atoms with van der Waals surface area (Å²) in [6.07, 6.45) is 3.34. The van der Waals surface area contributed by atoms with Gasteiger partial charge in [0, 0.05) is 12.7 Å². The largest absolute Gasteiger partial charge is 0.333 e. The lowest BCUT2D eigenvalue weighted by Gasteiger charge is -2.18. The molecule has 0 saturated carbocycles. The fourth-order valence-corrected chi connectivity index (χ4v) is 4.23. The van der Waals surface area contributed by atoms with Gasteiger partial charge in [-0.1, -0.05) is 11.8 Å². The van der Waals surface area contributed by atoms with Crippen LogP contribution in [0.5, 0.6) is 0 Å². The number of hydrogen-bond donors (Lipinski definition) is 1. The molecule has 0 bridgehead atoms. The average molecular weight is 430 g/mol. The van der Waals surface area contributed by atoms with Gasteiger partial charge in [-0.25, -0.2) is 14.4 Å². The summed E-state index contributed by atoms with van der Waals surface area (Å²) in [6, 6.07) is 7.63. The fraction of sp³-hybridized carbons (Fsp3) is 0.158. The number of H-pyrrole nitrogens is 1. The third kappa shape index (κ3) is 3.68. The summed E-state index contributed by atoms with van der Waals surface area (Å²) in [5, 5.41) is 2.41. The predicted octanol–water partition coefficient (Wildman–Crippen LogP) is 3.30. The number of benzene rings is 1. The molecule has 4 rings (SSSR count). The van der Waals surface area contributed by atoms with Crippen molar-refractivity contribution in [2.45, 2.75) is 11.7 Å². The second-order valence-corrected chi connectivity index (χ2v) is 7.94. The lowest BCUT2D eigenvalue weighted by molar-refractivity contribution is 0.0773. The summed E-state index contributed by atoms with van der Waals surface area (Å²) in [7, 11) is 1.63. The Hall–Kier alpha value is -2.98. The van der Waals surface area contributed by atoms with Crippen molar-refractivity contribution in [2.24, 2.45) is 0 Å². The van der Waals surface area contributed by atoms with Crippen LogP contribution in [0.3, 0.4) is 0 Å². The Labute approximate surface area is 173 Å². The second-order valence-electron chi connectivity index (χ2n) is 6.25. The summed E-state index contributed by atoms with van der Waals surface area (Å²) in [4.78, 5) is 38.2. The Morgan fingerprint density at radius 3 is 2.79 bits per heavy atom. The Balaban J connectivity index is 1.66. The molecule has 10 heteroatoms. The number of fused-ring (bicyclic) bond motifs is 1. The maximum absolute atomic E-state index is 13.3. The smallest absolute Gasteiger partial charge is 0.272 e. The number of imidazole rings is 1. The molecule has 4 aromatic rings. The predicted molar refractivity (Wildman–Crippen MR) is 111 cm³/mol. The van der Waals surface area contributed by atoms with Crippen molar-refractivity contribution in [2.75, 3.05) is 13.3 Å². The highest BCUT2D eigenvalue weighted by molar-refractivity contribution is 7.98. The Bertz CT molecular complexity index is 1250. The highest BCUT2D eigenvalue weighted by Crippen LogP contribution is 2.23. The number of nitrogens with zero attached hydrogens (tertiary/aromatic N) is 4. The van der Waals surface area contributed by atoms with E-state index in [-0.39, 0.29) is 23.8 Å². The number of carbonyl (C=O) groups is 1. The minimum Gasteiger partial charge on any atom is -0.333 e. The van der Waals surface area contributed by atoms with Gasteiger partial charge in [-0.3, -0.25) is 14.2 Å². The summed E-state index contributed by atoms with van der Waals surface area (Å²) < 4.78 is 15.6. The second kappa shape index (κ2) is 7.80. The molecule has 0 aliphatic carbocycles. The molecular weight excluding hydrogens is 413 g/mol. The van der Waals surface area contributed by atoms with Crippen LogP contribution in [0.1, 0.15) is 16.3 Å². The molecular formula is C19H16FN5O2S2. The first-order chi connectivity index (χ1) is 14.0. The molecule has 1 aromatic carbocycles. The van der Waals surface area contributed by atoms with E-state index < -0.39 is 0 Å². The molecule has 1 N–H and O–H groups in total. The van der Waals surface area contributed by atoms with Gasteiger partial charge in [0.15, 0.2) is 5.16 Å². The summed E-state index contributed by atoms with van der Waals surface area (Å²) in [5.74, 6) is -0.256. The molecule has 0 unspecified atom stereocenters. The van der Waals surface area contributed by atoms with Crippen molar-refractivity contribution in [1.29, 1.82) is 0 Å². The van der Waals surface area contributed by atoms with E-state index in [9.17, 15) is 14.0 Å². The molecule has 0 spiro atoms. The summed E-state index contributed by atoms with van der Waals surface area (Å²) >= 11 is 2.70. The third-order valence-corrected chi connectivity index (χ3v) is 5.87. The number of halogens is 1. The van der Waals surface area contributed by atoms with Crippen LogP contribution in [-0.2, 0) is 6.54 Å². The third-order valence-electron chi connectivity index (χ3n) is 4.31. The lowest BCUT2D eigenvalue weighted by Crippen LogP contribution is -2.29. The van der Waals surface area contributed by atoms with Gasteiger partial charge in [0.25, 0.3) is 11.5 Å². The molecule has 7 nitrogen and oxygen atoms in total. The van der Waals surface area contributed by atoms with E-state index in [1.165, 1.54) is 46.3 Å². The number of hydrogen-bond acceptors (Lipinski definition) is 6. The van der Waals surface area contributed by atoms with Crippen LogP contribution in [-0.4, -0.2) is 43.6 Å². The van der Waals surface area contributed by atoms with Crippen LogP contribution < -0.4 is 5.56 Å². The maximum atomic E-state index is 13.3. The lowest BCUT2D eigenvalue weighted by atomic mass is 10.3. The molecule has 1 amide bonds. The molecule has 0 atom stereocenters. The van der Waals surface area contributed by atoms with Gasteiger partial charge < -0.3 is 9.88 Å². The number of amides is 1. The Morgan fingerprint density at radius 1 is 1.31 bits per heavy atom. The molecule has 0 saturated heterocycles. The molecule has 148 valence electrons. The first kappa shape index (κ1) is 19.3. The van der Waals surface area contributed by atoms with Gasteiger partial charge in [0.05, 0.1) is 18.3 Å². The van der Waals surface area contributed by atoms with Gasteiger partial charge in [0.1, 0.15) is 22.0 Å².